The van der Waals surface area contributed by atoms with E-state index in [2.05, 4.69) is 11.9 Å². The number of nitrogens with one attached hydrogen (secondary N) is 1. The number of hydrogen-bond acceptors (Lipinski definition) is 7. The number of aryl methyl sites for hydroxylation is 1. The molecule has 0 bridgehead atoms. The molecule has 0 atom stereocenters. The van der Waals surface area contributed by atoms with Gasteiger partial charge in [0.25, 0.3) is 5.91 Å². The molecule has 9 heteroatoms. The standard InChI is InChI=1S/C29H28N2O6S/c1-5-7-22-16-21(17-23(19-30)29(32)31-24-10-12-25(35-4)13-11-24)18-27(36-6-2)28(22)37-38(33,34)26-14-8-20(3)9-15-26/h5,8-18H,1,6-7H2,2-4H3,(H,31,32)/b23-17+. The van der Waals surface area contributed by atoms with Crippen molar-refractivity contribution in [1.29, 1.82) is 5.26 Å². The molecule has 0 saturated heterocycles. The van der Waals surface area contributed by atoms with Crippen molar-refractivity contribution in [1.82, 2.24) is 0 Å². The van der Waals surface area contributed by atoms with E-state index in [1.54, 1.807) is 55.5 Å². The van der Waals surface area contributed by atoms with E-state index >= 15 is 0 Å². The molecule has 0 radical (unpaired) electrons. The van der Waals surface area contributed by atoms with Crippen molar-refractivity contribution in [2.75, 3.05) is 19.0 Å². The molecule has 3 aromatic carbocycles. The first-order valence-corrected chi connectivity index (χ1v) is 13.1. The molecule has 3 aromatic rings. The highest BCUT2D eigenvalue weighted by Crippen LogP contribution is 2.37. The number of rotatable bonds is 11. The molecular weight excluding hydrogens is 504 g/mol. The number of allylic oxidation sites excluding steroid dienone is 1. The summed E-state index contributed by atoms with van der Waals surface area (Å²) in [6.45, 7) is 7.57. The summed E-state index contributed by atoms with van der Waals surface area (Å²) in [5.41, 5.74) is 2.15. The van der Waals surface area contributed by atoms with Crippen molar-refractivity contribution in [3.63, 3.8) is 0 Å². The van der Waals surface area contributed by atoms with Gasteiger partial charge in [-0.05, 0) is 80.4 Å². The molecule has 0 aliphatic carbocycles. The van der Waals surface area contributed by atoms with Gasteiger partial charge in [-0.15, -0.1) is 6.58 Å². The Bertz CT molecular complexity index is 1490. The Labute approximate surface area is 222 Å². The third kappa shape index (κ3) is 7.02. The highest BCUT2D eigenvalue weighted by molar-refractivity contribution is 7.87. The maximum Gasteiger partial charge on any atom is 0.339 e. The molecular formula is C29H28N2O6S. The Morgan fingerprint density at radius 2 is 1.79 bits per heavy atom. The summed E-state index contributed by atoms with van der Waals surface area (Å²) in [5, 5.41) is 12.3. The average Bonchev–Trinajstić information content (AvgIpc) is 2.90. The van der Waals surface area contributed by atoms with Gasteiger partial charge in [0.1, 0.15) is 22.3 Å². The third-order valence-corrected chi connectivity index (χ3v) is 6.58. The van der Waals surface area contributed by atoms with Crippen LogP contribution < -0.4 is 19.0 Å². The van der Waals surface area contributed by atoms with Gasteiger partial charge in [-0.25, -0.2) is 0 Å². The molecule has 8 nitrogen and oxygen atoms in total. The molecule has 0 saturated carbocycles. The predicted octanol–water partition coefficient (Wildman–Crippen LogP) is 5.44. The zero-order valence-corrected chi connectivity index (χ0v) is 22.2. The van der Waals surface area contributed by atoms with E-state index in [1.165, 1.54) is 31.4 Å². The van der Waals surface area contributed by atoms with Gasteiger partial charge in [0.2, 0.25) is 0 Å². The second-order valence-electron chi connectivity index (χ2n) is 8.14. The van der Waals surface area contributed by atoms with Crippen LogP contribution in [0.5, 0.6) is 17.2 Å². The minimum atomic E-state index is -4.16. The van der Waals surface area contributed by atoms with E-state index in [4.69, 9.17) is 13.7 Å². The van der Waals surface area contributed by atoms with Crippen LogP contribution in [0.3, 0.4) is 0 Å². The van der Waals surface area contributed by atoms with Crippen LogP contribution in [0, 0.1) is 18.3 Å². The maximum absolute atomic E-state index is 13.0. The summed E-state index contributed by atoms with van der Waals surface area (Å²) in [4.78, 5) is 12.8. The second kappa shape index (κ2) is 12.6. The van der Waals surface area contributed by atoms with Crippen molar-refractivity contribution in [3.05, 3.63) is 95.6 Å². The predicted molar refractivity (Wildman–Crippen MR) is 146 cm³/mol. The molecule has 38 heavy (non-hydrogen) atoms. The first-order chi connectivity index (χ1) is 18.2. The number of carbonyl (C=O) groups excluding carboxylic acids is 1. The number of amides is 1. The number of ether oxygens (including phenoxy) is 2. The summed E-state index contributed by atoms with van der Waals surface area (Å²) >= 11 is 0. The fourth-order valence-electron chi connectivity index (χ4n) is 3.48. The smallest absolute Gasteiger partial charge is 0.339 e. The van der Waals surface area contributed by atoms with Gasteiger partial charge < -0.3 is 19.0 Å². The first kappa shape index (κ1) is 28.0. The highest BCUT2D eigenvalue weighted by atomic mass is 32.2. The number of nitriles is 1. The SMILES string of the molecule is C=CCc1cc(/C=C(\C#N)C(=O)Nc2ccc(OC)cc2)cc(OCC)c1OS(=O)(=O)c1ccc(C)cc1. The number of carbonyl (C=O) groups is 1. The molecule has 0 unspecified atom stereocenters. The molecule has 0 spiro atoms. The lowest BCUT2D eigenvalue weighted by molar-refractivity contribution is -0.112. The van der Waals surface area contributed by atoms with E-state index in [0.717, 1.165) is 5.56 Å². The average molecular weight is 533 g/mol. The van der Waals surface area contributed by atoms with Crippen LogP contribution in [0.2, 0.25) is 0 Å². The van der Waals surface area contributed by atoms with Crippen molar-refractivity contribution in [2.45, 2.75) is 25.2 Å². The van der Waals surface area contributed by atoms with Crippen LogP contribution in [0.25, 0.3) is 6.08 Å². The molecule has 0 aromatic heterocycles. The lowest BCUT2D eigenvalue weighted by atomic mass is 10.0. The Balaban J connectivity index is 1.99. The van der Waals surface area contributed by atoms with Gasteiger partial charge in [-0.2, -0.15) is 13.7 Å². The minimum Gasteiger partial charge on any atom is -0.497 e. The van der Waals surface area contributed by atoms with Crippen LogP contribution in [-0.2, 0) is 21.3 Å². The van der Waals surface area contributed by atoms with Crippen molar-refractivity contribution >= 4 is 27.8 Å². The number of anilines is 1. The molecule has 0 aliphatic heterocycles. The number of benzene rings is 3. The fourth-order valence-corrected chi connectivity index (χ4v) is 4.46. The van der Waals surface area contributed by atoms with Gasteiger partial charge in [0.15, 0.2) is 11.5 Å². The van der Waals surface area contributed by atoms with Gasteiger partial charge in [0.05, 0.1) is 13.7 Å². The summed E-state index contributed by atoms with van der Waals surface area (Å²) in [6, 6.07) is 18.0. The quantitative estimate of drug-likeness (QED) is 0.151. The molecule has 0 fully saturated rings. The minimum absolute atomic E-state index is 0.000966. The Hall–Kier alpha value is -4.55. The van der Waals surface area contributed by atoms with E-state index in [1.807, 2.05) is 13.0 Å². The Morgan fingerprint density at radius 1 is 1.11 bits per heavy atom. The largest absolute Gasteiger partial charge is 0.497 e. The van der Waals surface area contributed by atoms with Crippen molar-refractivity contribution in [2.24, 2.45) is 0 Å². The van der Waals surface area contributed by atoms with Crippen molar-refractivity contribution < 1.29 is 26.9 Å². The summed E-state index contributed by atoms with van der Waals surface area (Å²) in [7, 11) is -2.62. The molecule has 1 N–H and O–H groups in total. The lowest BCUT2D eigenvalue weighted by Gasteiger charge is -2.16. The highest BCUT2D eigenvalue weighted by Gasteiger charge is 2.23. The van der Waals surface area contributed by atoms with E-state index < -0.39 is 16.0 Å². The normalized spacial score (nSPS) is 11.3. The fraction of sp³-hybridized carbons (Fsp3) is 0.172. The van der Waals surface area contributed by atoms with E-state index in [9.17, 15) is 18.5 Å². The van der Waals surface area contributed by atoms with E-state index in [0.29, 0.717) is 22.6 Å². The third-order valence-electron chi connectivity index (χ3n) is 5.34. The van der Waals surface area contributed by atoms with Gasteiger partial charge in [-0.3, -0.25) is 4.79 Å². The lowest BCUT2D eigenvalue weighted by Crippen LogP contribution is -2.14. The van der Waals surface area contributed by atoms with Crippen molar-refractivity contribution in [3.8, 4) is 23.3 Å². The zero-order valence-electron chi connectivity index (χ0n) is 21.4. The second-order valence-corrected chi connectivity index (χ2v) is 9.68. The maximum atomic E-state index is 13.0. The Morgan fingerprint density at radius 3 is 2.37 bits per heavy atom. The van der Waals surface area contributed by atoms with Crippen LogP contribution in [0.15, 0.2) is 83.8 Å². The van der Waals surface area contributed by atoms with E-state index in [-0.39, 0.29) is 35.0 Å². The summed E-state index contributed by atoms with van der Waals surface area (Å²) < 4.78 is 42.4. The molecule has 3 rings (SSSR count). The molecule has 196 valence electrons. The number of nitrogens with zero attached hydrogens (tertiary/aromatic N) is 1. The zero-order chi connectivity index (χ0) is 27.7. The number of methoxy groups -OCH3 is 1. The van der Waals surface area contributed by atoms with Gasteiger partial charge in [0, 0.05) is 11.3 Å². The van der Waals surface area contributed by atoms with Gasteiger partial charge in [-0.1, -0.05) is 23.8 Å². The van der Waals surface area contributed by atoms with Crippen LogP contribution >= 0.6 is 0 Å². The topological polar surface area (TPSA) is 115 Å². The monoisotopic (exact) mass is 532 g/mol. The number of hydrogen-bond donors (Lipinski definition) is 1. The molecule has 1 amide bonds. The van der Waals surface area contributed by atoms with Gasteiger partial charge >= 0.3 is 10.1 Å². The van der Waals surface area contributed by atoms with Crippen LogP contribution in [0.1, 0.15) is 23.6 Å². The first-order valence-electron chi connectivity index (χ1n) is 11.7. The molecule has 0 heterocycles. The van der Waals surface area contributed by atoms with Crippen LogP contribution in [0.4, 0.5) is 5.69 Å². The molecule has 0 aliphatic rings. The summed E-state index contributed by atoms with van der Waals surface area (Å²) in [5.74, 6) is 0.194. The Kier molecular flexibility index (Phi) is 9.30. The van der Waals surface area contributed by atoms with Crippen LogP contribution in [-0.4, -0.2) is 28.0 Å². The summed E-state index contributed by atoms with van der Waals surface area (Å²) in [6.07, 6.45) is 3.23.